The fraction of sp³-hybridized carbons (Fsp3) is 0.0556. The highest BCUT2D eigenvalue weighted by atomic mass is 35.5. The van der Waals surface area contributed by atoms with Crippen LogP contribution in [-0.2, 0) is 9.84 Å². The van der Waals surface area contributed by atoms with E-state index in [1.165, 1.54) is 29.1 Å². The lowest BCUT2D eigenvalue weighted by Gasteiger charge is -2.07. The van der Waals surface area contributed by atoms with Crippen molar-refractivity contribution in [2.24, 2.45) is 0 Å². The highest BCUT2D eigenvalue weighted by Crippen LogP contribution is 2.20. The van der Waals surface area contributed by atoms with E-state index in [0.717, 1.165) is 6.26 Å². The molecule has 0 atom stereocenters. The average molecular weight is 401 g/mol. The number of carbonyl (C=O) groups excluding carboxylic acids is 1. The molecule has 0 saturated carbocycles. The van der Waals surface area contributed by atoms with E-state index in [-0.39, 0.29) is 16.2 Å². The Morgan fingerprint density at radius 1 is 1.22 bits per heavy atom. The molecule has 1 heterocycles. The predicted molar refractivity (Wildman–Crippen MR) is 101 cm³/mol. The third-order valence-electron chi connectivity index (χ3n) is 3.71. The first-order valence-corrected chi connectivity index (χ1v) is 9.92. The molecule has 1 N–H and O–H groups in total. The fourth-order valence-corrected chi connectivity index (χ4v) is 3.20. The minimum atomic E-state index is -3.40. The van der Waals surface area contributed by atoms with Crippen LogP contribution in [0.25, 0.3) is 5.69 Å². The Labute approximate surface area is 160 Å². The quantitative estimate of drug-likeness (QED) is 0.724. The number of rotatable bonds is 4. The number of carbonyl (C=O) groups is 1. The zero-order valence-corrected chi connectivity index (χ0v) is 15.6. The van der Waals surface area contributed by atoms with Gasteiger partial charge in [0.05, 0.1) is 22.3 Å². The van der Waals surface area contributed by atoms with E-state index in [1.807, 2.05) is 6.07 Å². The molecule has 27 heavy (non-hydrogen) atoms. The Hall–Kier alpha value is -3.15. The van der Waals surface area contributed by atoms with Crippen molar-refractivity contribution in [2.75, 3.05) is 11.6 Å². The van der Waals surface area contributed by atoms with Crippen molar-refractivity contribution in [2.45, 2.75) is 4.90 Å². The summed E-state index contributed by atoms with van der Waals surface area (Å²) in [6.07, 6.45) is 2.36. The van der Waals surface area contributed by atoms with E-state index in [1.54, 1.807) is 30.3 Å². The van der Waals surface area contributed by atoms with Crippen LogP contribution in [0.3, 0.4) is 0 Å². The molecule has 3 aromatic rings. The number of nitriles is 1. The number of anilines is 1. The van der Waals surface area contributed by atoms with E-state index < -0.39 is 15.7 Å². The summed E-state index contributed by atoms with van der Waals surface area (Å²) in [4.78, 5) is 12.6. The molecule has 0 aliphatic heterocycles. The van der Waals surface area contributed by atoms with Crippen LogP contribution < -0.4 is 5.32 Å². The Morgan fingerprint density at radius 3 is 2.56 bits per heavy atom. The van der Waals surface area contributed by atoms with Crippen LogP contribution in [0.5, 0.6) is 0 Å². The van der Waals surface area contributed by atoms with Crippen molar-refractivity contribution in [3.8, 4) is 11.8 Å². The molecular formula is C18H13ClN4O3S. The van der Waals surface area contributed by atoms with Gasteiger partial charge in [-0.3, -0.25) is 4.79 Å². The molecule has 0 aliphatic carbocycles. The first-order chi connectivity index (χ1) is 12.8. The number of aromatic nitrogens is 2. The average Bonchev–Trinajstić information content (AvgIpc) is 3.06. The maximum atomic E-state index is 12.6. The summed E-state index contributed by atoms with van der Waals surface area (Å²) < 4.78 is 24.6. The van der Waals surface area contributed by atoms with E-state index in [9.17, 15) is 18.5 Å². The van der Waals surface area contributed by atoms with Crippen LogP contribution >= 0.6 is 11.6 Å². The molecule has 0 aliphatic rings. The fourth-order valence-electron chi connectivity index (χ4n) is 2.40. The lowest BCUT2D eigenvalue weighted by atomic mass is 10.2. The zero-order valence-electron chi connectivity index (χ0n) is 14.0. The van der Waals surface area contributed by atoms with Gasteiger partial charge in [-0.1, -0.05) is 17.7 Å². The van der Waals surface area contributed by atoms with Crippen molar-refractivity contribution in [3.05, 3.63) is 71.0 Å². The van der Waals surface area contributed by atoms with Gasteiger partial charge in [-0.15, -0.1) is 0 Å². The highest BCUT2D eigenvalue weighted by Gasteiger charge is 2.19. The first-order valence-electron chi connectivity index (χ1n) is 7.65. The number of hydrogen-bond donors (Lipinski definition) is 1. The van der Waals surface area contributed by atoms with Gasteiger partial charge >= 0.3 is 0 Å². The Kier molecular flexibility index (Phi) is 4.99. The number of amides is 1. The Balaban J connectivity index is 1.92. The van der Waals surface area contributed by atoms with E-state index in [2.05, 4.69) is 10.4 Å². The molecule has 9 heteroatoms. The summed E-state index contributed by atoms with van der Waals surface area (Å²) in [6, 6.07) is 14.5. The first kappa shape index (κ1) is 18.6. The normalized spacial score (nSPS) is 11.0. The number of benzene rings is 2. The summed E-state index contributed by atoms with van der Waals surface area (Å²) in [5, 5.41) is 16.7. The van der Waals surface area contributed by atoms with E-state index >= 15 is 0 Å². The topological polar surface area (TPSA) is 105 Å². The summed E-state index contributed by atoms with van der Waals surface area (Å²) in [7, 11) is -3.40. The number of sulfone groups is 1. The second kappa shape index (κ2) is 7.23. The summed E-state index contributed by atoms with van der Waals surface area (Å²) in [6.45, 7) is 0. The van der Waals surface area contributed by atoms with Crippen molar-refractivity contribution in [3.63, 3.8) is 0 Å². The highest BCUT2D eigenvalue weighted by molar-refractivity contribution is 7.90. The molecule has 0 unspecified atom stereocenters. The van der Waals surface area contributed by atoms with E-state index in [4.69, 9.17) is 11.6 Å². The number of halogens is 1. The number of nitrogens with zero attached hydrogens (tertiary/aromatic N) is 3. The molecule has 7 nitrogen and oxygen atoms in total. The van der Waals surface area contributed by atoms with Gasteiger partial charge < -0.3 is 5.32 Å². The molecule has 0 spiro atoms. The minimum Gasteiger partial charge on any atom is -0.322 e. The van der Waals surface area contributed by atoms with Crippen molar-refractivity contribution >= 4 is 33.0 Å². The van der Waals surface area contributed by atoms with Crippen LogP contribution in [0.15, 0.2) is 59.6 Å². The molecule has 2 aromatic carbocycles. The van der Waals surface area contributed by atoms with Gasteiger partial charge in [-0.2, -0.15) is 10.4 Å². The third-order valence-corrected chi connectivity index (χ3v) is 5.07. The third kappa shape index (κ3) is 4.00. The summed E-state index contributed by atoms with van der Waals surface area (Å²) in [5.41, 5.74) is 0.992. The second-order valence-corrected chi connectivity index (χ2v) is 8.11. The minimum absolute atomic E-state index is 0.0501. The van der Waals surface area contributed by atoms with Gasteiger partial charge in [-0.25, -0.2) is 13.1 Å². The van der Waals surface area contributed by atoms with E-state index in [0.29, 0.717) is 16.4 Å². The summed E-state index contributed by atoms with van der Waals surface area (Å²) >= 11 is 5.86. The standard InChI is InChI=1S/C18H13ClN4O3S/c1-27(25,26)15-4-2-3-13(9-15)22-18(24)16-11-21-23(17(16)10-20)14-7-5-12(19)6-8-14/h2-9,11H,1H3,(H,22,24). The smallest absolute Gasteiger partial charge is 0.260 e. The van der Waals surface area contributed by atoms with Crippen molar-refractivity contribution in [1.82, 2.24) is 9.78 Å². The van der Waals surface area contributed by atoms with Crippen LogP contribution in [-0.4, -0.2) is 30.4 Å². The molecule has 0 fully saturated rings. The molecule has 136 valence electrons. The van der Waals surface area contributed by atoms with Crippen molar-refractivity contribution < 1.29 is 13.2 Å². The lowest BCUT2D eigenvalue weighted by Crippen LogP contribution is -2.14. The van der Waals surface area contributed by atoms with Crippen LogP contribution in [0, 0.1) is 11.3 Å². The number of hydrogen-bond acceptors (Lipinski definition) is 5. The van der Waals surface area contributed by atoms with Gasteiger partial charge in [0.2, 0.25) is 0 Å². The zero-order chi connectivity index (χ0) is 19.6. The predicted octanol–water partition coefficient (Wildman–Crippen LogP) is 3.05. The van der Waals surface area contributed by atoms with Crippen LogP contribution in [0.4, 0.5) is 5.69 Å². The second-order valence-electron chi connectivity index (χ2n) is 5.66. The Bertz CT molecular complexity index is 1160. The SMILES string of the molecule is CS(=O)(=O)c1cccc(NC(=O)c2cnn(-c3ccc(Cl)cc3)c2C#N)c1. The number of nitrogens with one attached hydrogen (secondary N) is 1. The molecular weight excluding hydrogens is 388 g/mol. The summed E-state index contributed by atoms with van der Waals surface area (Å²) in [5.74, 6) is -0.572. The van der Waals surface area contributed by atoms with Gasteiger partial charge in [0, 0.05) is 17.0 Å². The van der Waals surface area contributed by atoms with Gasteiger partial charge in [0.25, 0.3) is 5.91 Å². The Morgan fingerprint density at radius 2 is 1.93 bits per heavy atom. The van der Waals surface area contributed by atoms with Gasteiger partial charge in [-0.05, 0) is 42.5 Å². The maximum Gasteiger partial charge on any atom is 0.260 e. The molecule has 0 bridgehead atoms. The molecule has 3 rings (SSSR count). The largest absolute Gasteiger partial charge is 0.322 e. The lowest BCUT2D eigenvalue weighted by molar-refractivity contribution is 0.102. The van der Waals surface area contributed by atoms with Crippen LogP contribution in [0.2, 0.25) is 5.02 Å². The molecule has 1 aromatic heterocycles. The maximum absolute atomic E-state index is 12.6. The molecule has 0 saturated heterocycles. The monoisotopic (exact) mass is 400 g/mol. The van der Waals surface area contributed by atoms with Gasteiger partial charge in [0.15, 0.2) is 15.5 Å². The van der Waals surface area contributed by atoms with Gasteiger partial charge in [0.1, 0.15) is 6.07 Å². The van der Waals surface area contributed by atoms with Crippen molar-refractivity contribution in [1.29, 1.82) is 5.26 Å². The molecule has 1 amide bonds. The van der Waals surface area contributed by atoms with Crippen LogP contribution in [0.1, 0.15) is 16.1 Å². The molecule has 0 radical (unpaired) electrons.